The summed E-state index contributed by atoms with van der Waals surface area (Å²) in [4.78, 5) is 4.40. The lowest BCUT2D eigenvalue weighted by Crippen LogP contribution is -2.01. The minimum atomic E-state index is -0.485. The molecule has 9 nitrogen and oxygen atoms in total. The summed E-state index contributed by atoms with van der Waals surface area (Å²) in [5.74, 6) is -0.141. The molecule has 0 bridgehead atoms. The van der Waals surface area contributed by atoms with Crippen LogP contribution in [0.1, 0.15) is 36.9 Å². The zero-order valence-corrected chi connectivity index (χ0v) is 21.0. The van der Waals surface area contributed by atoms with Gasteiger partial charge in [-0.1, -0.05) is 25.5 Å². The van der Waals surface area contributed by atoms with Gasteiger partial charge in [0.05, 0.1) is 44.6 Å². The van der Waals surface area contributed by atoms with Gasteiger partial charge in [0.2, 0.25) is 11.8 Å². The highest BCUT2D eigenvalue weighted by molar-refractivity contribution is 5.88. The molecule has 0 unspecified atom stereocenters. The molecule has 0 amide bonds. The number of aryl methyl sites for hydroxylation is 1. The summed E-state index contributed by atoms with van der Waals surface area (Å²) in [5.41, 5.74) is 1.87. The molecular weight excluding hydrogens is 481 g/mol. The molecule has 0 spiro atoms. The van der Waals surface area contributed by atoms with E-state index in [0.717, 1.165) is 12.8 Å². The molecule has 0 saturated heterocycles. The lowest BCUT2D eigenvalue weighted by molar-refractivity contribution is 0.386. The molecule has 0 saturated carbocycles. The van der Waals surface area contributed by atoms with Crippen molar-refractivity contribution in [2.24, 2.45) is 0 Å². The van der Waals surface area contributed by atoms with E-state index in [1.165, 1.54) is 33.5 Å². The highest BCUT2D eigenvalue weighted by Gasteiger charge is 2.28. The van der Waals surface area contributed by atoms with Crippen LogP contribution in [-0.4, -0.2) is 46.7 Å². The van der Waals surface area contributed by atoms with Gasteiger partial charge >= 0.3 is 0 Å². The van der Waals surface area contributed by atoms with Crippen molar-refractivity contribution in [2.45, 2.75) is 32.6 Å². The van der Waals surface area contributed by atoms with Gasteiger partial charge in [0.25, 0.3) is 5.89 Å². The molecule has 0 atom stereocenters. The molecule has 0 aliphatic heterocycles. The van der Waals surface area contributed by atoms with E-state index in [9.17, 15) is 14.6 Å². The quantitative estimate of drug-likeness (QED) is 0.293. The predicted molar refractivity (Wildman–Crippen MR) is 134 cm³/mol. The first kappa shape index (κ1) is 25.7. The zero-order valence-electron chi connectivity index (χ0n) is 21.0. The molecule has 4 rings (SSSR count). The Hall–Kier alpha value is -4.34. The number of rotatable bonds is 10. The Balaban J connectivity index is 1.83. The van der Waals surface area contributed by atoms with Crippen molar-refractivity contribution in [3.05, 3.63) is 59.4 Å². The summed E-state index contributed by atoms with van der Waals surface area (Å²) in [6.45, 7) is 2.04. The van der Waals surface area contributed by atoms with Crippen LogP contribution in [0.25, 0.3) is 22.6 Å². The van der Waals surface area contributed by atoms with E-state index in [2.05, 4.69) is 15.2 Å². The molecule has 2 aromatic carbocycles. The van der Waals surface area contributed by atoms with Crippen molar-refractivity contribution in [1.29, 1.82) is 0 Å². The lowest BCUT2D eigenvalue weighted by atomic mass is 9.95. The molecule has 2 heterocycles. The Kier molecular flexibility index (Phi) is 7.76. The van der Waals surface area contributed by atoms with E-state index >= 15 is 0 Å². The van der Waals surface area contributed by atoms with E-state index in [4.69, 9.17) is 18.6 Å². The van der Waals surface area contributed by atoms with Gasteiger partial charge in [0, 0.05) is 0 Å². The van der Waals surface area contributed by atoms with Crippen molar-refractivity contribution in [3.63, 3.8) is 0 Å². The molecule has 2 aromatic heterocycles. The van der Waals surface area contributed by atoms with Gasteiger partial charge in [-0.25, -0.2) is 9.37 Å². The number of aromatic hydroxyl groups is 2. The third-order valence-electron chi connectivity index (χ3n) is 5.92. The first-order valence-electron chi connectivity index (χ1n) is 11.7. The SMILES string of the molecule is CCCCc1nc(O)c(-c2nnc(Cc3ccc(F)c(OC)c3)o2)c(O)c1-c1c(OC)cccc1OC. The van der Waals surface area contributed by atoms with Crippen molar-refractivity contribution in [1.82, 2.24) is 15.2 Å². The summed E-state index contributed by atoms with van der Waals surface area (Å²) in [7, 11) is 4.42. The van der Waals surface area contributed by atoms with Gasteiger partial charge in [-0.15, -0.1) is 10.2 Å². The average molecular weight is 510 g/mol. The summed E-state index contributed by atoms with van der Waals surface area (Å²) < 4.78 is 35.7. The second-order valence-corrected chi connectivity index (χ2v) is 8.27. The van der Waals surface area contributed by atoms with E-state index < -0.39 is 11.7 Å². The highest BCUT2D eigenvalue weighted by atomic mass is 19.1. The molecule has 0 aliphatic rings. The molecule has 10 heteroatoms. The summed E-state index contributed by atoms with van der Waals surface area (Å²) in [6.07, 6.45) is 2.34. The molecular formula is C27H28FN3O6. The van der Waals surface area contributed by atoms with Crippen LogP contribution in [0.4, 0.5) is 4.39 Å². The number of hydrogen-bond donors (Lipinski definition) is 2. The fraction of sp³-hybridized carbons (Fsp3) is 0.296. The monoisotopic (exact) mass is 509 g/mol. The second kappa shape index (κ2) is 11.2. The van der Waals surface area contributed by atoms with Crippen molar-refractivity contribution >= 4 is 0 Å². The smallest absolute Gasteiger partial charge is 0.257 e. The van der Waals surface area contributed by atoms with Gasteiger partial charge in [-0.05, 0) is 42.7 Å². The number of pyridine rings is 1. The number of ether oxygens (including phenoxy) is 3. The number of benzene rings is 2. The highest BCUT2D eigenvalue weighted by Crippen LogP contribution is 2.49. The topological polar surface area (TPSA) is 120 Å². The maximum atomic E-state index is 13.8. The second-order valence-electron chi connectivity index (χ2n) is 8.27. The largest absolute Gasteiger partial charge is 0.506 e. The Labute approximate surface area is 213 Å². The van der Waals surface area contributed by atoms with Crippen molar-refractivity contribution in [2.75, 3.05) is 21.3 Å². The number of aromatic nitrogens is 3. The van der Waals surface area contributed by atoms with Crippen LogP contribution < -0.4 is 14.2 Å². The number of unbranched alkanes of at least 4 members (excludes halogenated alkanes) is 1. The van der Waals surface area contributed by atoms with E-state index in [1.54, 1.807) is 24.3 Å². The Bertz CT molecular complexity index is 1380. The summed E-state index contributed by atoms with van der Waals surface area (Å²) >= 11 is 0. The fourth-order valence-electron chi connectivity index (χ4n) is 4.10. The van der Waals surface area contributed by atoms with Crippen molar-refractivity contribution < 1.29 is 33.2 Å². The van der Waals surface area contributed by atoms with Crippen LogP contribution >= 0.6 is 0 Å². The number of hydrogen-bond acceptors (Lipinski definition) is 9. The first-order valence-corrected chi connectivity index (χ1v) is 11.7. The fourth-order valence-corrected chi connectivity index (χ4v) is 4.10. The first-order chi connectivity index (χ1) is 17.9. The van der Waals surface area contributed by atoms with Gasteiger partial charge < -0.3 is 28.8 Å². The van der Waals surface area contributed by atoms with Gasteiger partial charge in [0.1, 0.15) is 22.8 Å². The molecule has 2 N–H and O–H groups in total. The number of methoxy groups -OCH3 is 3. The predicted octanol–water partition coefficient (Wildman–Crippen LogP) is 5.31. The Morgan fingerprint density at radius 1 is 0.892 bits per heavy atom. The summed E-state index contributed by atoms with van der Waals surface area (Å²) in [5, 5.41) is 30.4. The third kappa shape index (κ3) is 5.13. The van der Waals surface area contributed by atoms with Crippen molar-refractivity contribution in [3.8, 4) is 51.5 Å². The normalized spacial score (nSPS) is 10.9. The Morgan fingerprint density at radius 3 is 2.24 bits per heavy atom. The molecule has 194 valence electrons. The summed E-state index contributed by atoms with van der Waals surface area (Å²) in [6, 6.07) is 9.66. The van der Waals surface area contributed by atoms with Crippen LogP contribution in [0.5, 0.6) is 28.9 Å². The van der Waals surface area contributed by atoms with Crippen LogP contribution in [0, 0.1) is 5.82 Å². The molecule has 0 aliphatic carbocycles. The zero-order chi connectivity index (χ0) is 26.5. The van der Waals surface area contributed by atoms with E-state index in [1.807, 2.05) is 6.92 Å². The van der Waals surface area contributed by atoms with Gasteiger partial charge in [0.15, 0.2) is 11.6 Å². The number of nitrogens with zero attached hydrogens (tertiary/aromatic N) is 3. The van der Waals surface area contributed by atoms with Crippen LogP contribution in [0.3, 0.4) is 0 Å². The molecule has 4 aromatic rings. The maximum Gasteiger partial charge on any atom is 0.257 e. The van der Waals surface area contributed by atoms with E-state index in [0.29, 0.717) is 40.3 Å². The Morgan fingerprint density at radius 2 is 1.59 bits per heavy atom. The number of halogens is 1. The van der Waals surface area contributed by atoms with Gasteiger partial charge in [-0.3, -0.25) is 0 Å². The molecule has 37 heavy (non-hydrogen) atoms. The van der Waals surface area contributed by atoms with Crippen LogP contribution in [0.2, 0.25) is 0 Å². The van der Waals surface area contributed by atoms with Crippen LogP contribution in [0.15, 0.2) is 40.8 Å². The average Bonchev–Trinajstić information content (AvgIpc) is 3.35. The maximum absolute atomic E-state index is 13.8. The minimum Gasteiger partial charge on any atom is -0.506 e. The third-order valence-corrected chi connectivity index (χ3v) is 5.92. The molecule has 0 fully saturated rings. The lowest BCUT2D eigenvalue weighted by Gasteiger charge is -2.18. The van der Waals surface area contributed by atoms with Gasteiger partial charge in [-0.2, -0.15) is 0 Å². The van der Waals surface area contributed by atoms with E-state index in [-0.39, 0.29) is 35.3 Å². The van der Waals surface area contributed by atoms with Crippen LogP contribution in [-0.2, 0) is 12.8 Å². The minimum absolute atomic E-state index is 0.0924. The standard InChI is InChI=1S/C27H28FN3O6/c1-5-6-8-17-22(23-18(34-2)9-7-10-19(23)35-3)25(32)24(26(33)29-17)27-31-30-21(37-27)14-15-11-12-16(28)20(13-15)36-4/h7,9-13H,5-6,8,14H2,1-4H3,(H2,29,32,33). The molecule has 0 radical (unpaired) electrons.